The van der Waals surface area contributed by atoms with E-state index in [4.69, 9.17) is 9.98 Å². The summed E-state index contributed by atoms with van der Waals surface area (Å²) in [5.74, 6) is 1.19. The maximum absolute atomic E-state index is 5.02. The molecule has 0 unspecified atom stereocenters. The Kier molecular flexibility index (Phi) is 8.77. The minimum Gasteiger partial charge on any atom is -0.309 e. The summed E-state index contributed by atoms with van der Waals surface area (Å²) in [6.07, 6.45) is 0.896. The smallest absolute Gasteiger partial charge is 0.161 e. The Morgan fingerprint density at radius 3 is 1.72 bits per heavy atom. The van der Waals surface area contributed by atoms with Gasteiger partial charge in [-0.25, -0.2) is 9.98 Å². The van der Waals surface area contributed by atoms with Crippen molar-refractivity contribution in [2.75, 3.05) is 0 Å². The van der Waals surface area contributed by atoms with Gasteiger partial charge in [0.25, 0.3) is 0 Å². The van der Waals surface area contributed by atoms with Crippen molar-refractivity contribution in [2.24, 2.45) is 15.0 Å². The SMILES string of the molecule is C=NC(=NC(=NCc1ccc2c(c1)Cc1cc(-c3ccc(-c4ccc5c(c4)c4ccccc4n5-c4ccccc4)cc3)ccc1-2)c1ccccc1)c1ccccc1. The molecule has 0 bridgehead atoms. The number of rotatable bonds is 7. The Morgan fingerprint density at radius 2 is 1.02 bits per heavy atom. The van der Waals surface area contributed by atoms with Gasteiger partial charge >= 0.3 is 0 Å². The Labute approximate surface area is 332 Å². The molecule has 0 N–H and O–H groups in total. The number of aromatic nitrogens is 1. The average Bonchev–Trinajstić information content (AvgIpc) is 3.82. The molecular weight excluding hydrogens is 693 g/mol. The lowest BCUT2D eigenvalue weighted by atomic mass is 9.96. The molecule has 4 heteroatoms. The van der Waals surface area contributed by atoms with Crippen molar-refractivity contribution in [3.8, 4) is 39.1 Å². The second-order valence-corrected chi connectivity index (χ2v) is 14.5. The summed E-state index contributed by atoms with van der Waals surface area (Å²) in [5, 5.41) is 2.52. The van der Waals surface area contributed by atoms with E-state index in [0.29, 0.717) is 18.2 Å². The van der Waals surface area contributed by atoms with Crippen LogP contribution in [0.2, 0.25) is 0 Å². The van der Waals surface area contributed by atoms with E-state index in [1.807, 2.05) is 60.7 Å². The van der Waals surface area contributed by atoms with Gasteiger partial charge in [-0.15, -0.1) is 0 Å². The second kappa shape index (κ2) is 14.7. The number of hydrogen-bond acceptors (Lipinski definition) is 1. The largest absolute Gasteiger partial charge is 0.309 e. The monoisotopic (exact) mass is 730 g/mol. The summed E-state index contributed by atoms with van der Waals surface area (Å²) >= 11 is 0. The van der Waals surface area contributed by atoms with Gasteiger partial charge in [0.15, 0.2) is 11.7 Å². The van der Waals surface area contributed by atoms with E-state index in [-0.39, 0.29) is 0 Å². The lowest BCUT2D eigenvalue weighted by molar-refractivity contribution is 1.05. The number of nitrogens with zero attached hydrogens (tertiary/aromatic N) is 4. The predicted octanol–water partition coefficient (Wildman–Crippen LogP) is 12.8. The fraction of sp³-hybridized carbons (Fsp3) is 0.0377. The van der Waals surface area contributed by atoms with Crippen LogP contribution in [-0.4, -0.2) is 23.0 Å². The number of amidine groups is 2. The van der Waals surface area contributed by atoms with Crippen LogP contribution in [0.1, 0.15) is 27.8 Å². The molecule has 8 aromatic carbocycles. The molecule has 0 atom stereocenters. The van der Waals surface area contributed by atoms with E-state index < -0.39 is 0 Å². The minimum absolute atomic E-state index is 0.510. The van der Waals surface area contributed by atoms with E-state index >= 15 is 0 Å². The van der Waals surface area contributed by atoms with E-state index in [1.54, 1.807) is 0 Å². The fourth-order valence-electron chi connectivity index (χ4n) is 8.23. The third-order valence-corrected chi connectivity index (χ3v) is 11.0. The van der Waals surface area contributed by atoms with Gasteiger partial charge in [0.1, 0.15) is 0 Å². The van der Waals surface area contributed by atoms with Gasteiger partial charge < -0.3 is 4.57 Å². The van der Waals surface area contributed by atoms with Gasteiger partial charge in [0, 0.05) is 27.6 Å². The molecule has 9 aromatic rings. The summed E-state index contributed by atoms with van der Waals surface area (Å²) in [6, 6.07) is 68.8. The molecule has 10 rings (SSSR count). The van der Waals surface area contributed by atoms with Crippen molar-refractivity contribution >= 4 is 40.2 Å². The average molecular weight is 731 g/mol. The van der Waals surface area contributed by atoms with Gasteiger partial charge in [-0.1, -0.05) is 164 Å². The molecule has 1 aliphatic rings. The van der Waals surface area contributed by atoms with Crippen molar-refractivity contribution in [3.63, 3.8) is 0 Å². The van der Waals surface area contributed by atoms with Crippen LogP contribution >= 0.6 is 0 Å². The molecule has 57 heavy (non-hydrogen) atoms. The van der Waals surface area contributed by atoms with Crippen molar-refractivity contribution < 1.29 is 0 Å². The van der Waals surface area contributed by atoms with E-state index in [1.165, 1.54) is 72.0 Å². The first kappa shape index (κ1) is 34.1. The summed E-state index contributed by atoms with van der Waals surface area (Å²) in [7, 11) is 0. The second-order valence-electron chi connectivity index (χ2n) is 14.5. The molecule has 1 aliphatic carbocycles. The maximum atomic E-state index is 5.02. The highest BCUT2D eigenvalue weighted by Gasteiger charge is 2.20. The molecule has 0 saturated carbocycles. The summed E-state index contributed by atoms with van der Waals surface area (Å²) in [5.41, 5.74) is 16.8. The van der Waals surface area contributed by atoms with Crippen LogP contribution in [0.5, 0.6) is 0 Å². The van der Waals surface area contributed by atoms with E-state index in [9.17, 15) is 0 Å². The normalized spacial score (nSPS) is 12.5. The molecule has 0 fully saturated rings. The fourth-order valence-corrected chi connectivity index (χ4v) is 8.23. The first-order chi connectivity index (χ1) is 28.2. The highest BCUT2D eigenvalue weighted by molar-refractivity contribution is 6.13. The van der Waals surface area contributed by atoms with Gasteiger partial charge in [0.05, 0.1) is 17.6 Å². The van der Waals surface area contributed by atoms with Crippen LogP contribution in [0.4, 0.5) is 0 Å². The molecule has 270 valence electrons. The quantitative estimate of drug-likeness (QED) is 0.116. The lowest BCUT2D eigenvalue weighted by Gasteiger charge is -2.09. The standard InChI is InChI=1S/C53H38N4/c1-54-52(39-13-5-2-6-14-39)56-53(40-15-7-3-8-16-40)55-35-36-21-28-46-43(31-36)33-44-32-41(26-29-47(44)46)37-22-24-38(25-23-37)42-27-30-51-49(34-42)48-19-11-12-20-50(48)57(51)45-17-9-4-10-18-45/h2-32,34H,1,33,35H2. The summed E-state index contributed by atoms with van der Waals surface area (Å²) < 4.78 is 2.36. The van der Waals surface area contributed by atoms with Gasteiger partial charge in [-0.3, -0.25) is 4.99 Å². The van der Waals surface area contributed by atoms with Crippen LogP contribution in [0, 0.1) is 0 Å². The number of para-hydroxylation sites is 2. The molecule has 0 saturated heterocycles. The zero-order chi connectivity index (χ0) is 38.1. The molecule has 4 nitrogen and oxygen atoms in total. The molecular formula is C53H38N4. The number of fused-ring (bicyclic) bond motifs is 6. The Bertz CT molecular complexity index is 2990. The highest BCUT2D eigenvalue weighted by atomic mass is 15.0. The zero-order valence-corrected chi connectivity index (χ0v) is 31.4. The molecule has 0 radical (unpaired) electrons. The van der Waals surface area contributed by atoms with Crippen molar-refractivity contribution in [1.29, 1.82) is 0 Å². The van der Waals surface area contributed by atoms with Crippen LogP contribution in [0.25, 0.3) is 60.9 Å². The van der Waals surface area contributed by atoms with Crippen molar-refractivity contribution in [2.45, 2.75) is 13.0 Å². The molecule has 0 amide bonds. The molecule has 0 aliphatic heterocycles. The molecule has 1 heterocycles. The topological polar surface area (TPSA) is 42.0 Å². The highest BCUT2D eigenvalue weighted by Crippen LogP contribution is 2.40. The van der Waals surface area contributed by atoms with E-state index in [0.717, 1.165) is 23.1 Å². The first-order valence-electron chi connectivity index (χ1n) is 19.4. The summed E-state index contributed by atoms with van der Waals surface area (Å²) in [6.45, 7) is 4.30. The van der Waals surface area contributed by atoms with Crippen LogP contribution in [0.3, 0.4) is 0 Å². The zero-order valence-electron chi connectivity index (χ0n) is 31.4. The Balaban J connectivity index is 0.898. The number of hydrogen-bond donors (Lipinski definition) is 0. The number of benzene rings is 8. The third kappa shape index (κ3) is 6.47. The van der Waals surface area contributed by atoms with Crippen LogP contribution < -0.4 is 0 Å². The Morgan fingerprint density at radius 1 is 0.474 bits per heavy atom. The summed E-state index contributed by atoms with van der Waals surface area (Å²) in [4.78, 5) is 14.1. The van der Waals surface area contributed by atoms with Crippen molar-refractivity contribution in [1.82, 2.24) is 4.57 Å². The van der Waals surface area contributed by atoms with Gasteiger partial charge in [0.2, 0.25) is 0 Å². The van der Waals surface area contributed by atoms with Crippen molar-refractivity contribution in [3.05, 3.63) is 222 Å². The van der Waals surface area contributed by atoms with Gasteiger partial charge in [-0.05, 0) is 93.5 Å². The minimum atomic E-state index is 0.510. The third-order valence-electron chi connectivity index (χ3n) is 11.0. The Hall–Kier alpha value is -7.43. The van der Waals surface area contributed by atoms with Gasteiger partial charge in [-0.2, -0.15) is 0 Å². The number of aliphatic imine (C=N–C) groups is 3. The first-order valence-corrected chi connectivity index (χ1v) is 19.4. The molecule has 0 spiro atoms. The molecule has 1 aromatic heterocycles. The lowest BCUT2D eigenvalue weighted by Crippen LogP contribution is -2.05. The van der Waals surface area contributed by atoms with Crippen LogP contribution in [0.15, 0.2) is 209 Å². The predicted molar refractivity (Wildman–Crippen MR) is 239 cm³/mol. The maximum Gasteiger partial charge on any atom is 0.161 e. The van der Waals surface area contributed by atoms with E-state index in [2.05, 4.69) is 150 Å². The van der Waals surface area contributed by atoms with Crippen LogP contribution in [-0.2, 0) is 13.0 Å².